The van der Waals surface area contributed by atoms with E-state index in [0.29, 0.717) is 56.9 Å². The van der Waals surface area contributed by atoms with Gasteiger partial charge in [-0.25, -0.2) is 0 Å². The van der Waals surface area contributed by atoms with E-state index >= 15 is 0 Å². The highest BCUT2D eigenvalue weighted by atomic mass is 16.5. The smallest absolute Gasteiger partial charge is 0.161 e. The van der Waals surface area contributed by atoms with Gasteiger partial charge in [0, 0.05) is 65.8 Å². The van der Waals surface area contributed by atoms with Crippen LogP contribution in [-0.4, -0.2) is 82.1 Å². The number of aromatic hydroxyl groups is 3. The molecule has 5 aromatic carbocycles. The number of phenolic OH excluding ortho intramolecular Hbond substituents is 3. The molecular formula is C63H69N3O9. The normalized spacial score (nSPS) is 23.8. The van der Waals surface area contributed by atoms with Crippen molar-refractivity contribution in [3.8, 4) is 34.8 Å². The lowest BCUT2D eigenvalue weighted by molar-refractivity contribution is 0.00498. The molecule has 7 N–H and O–H groups in total. The van der Waals surface area contributed by atoms with Gasteiger partial charge in [-0.3, -0.25) is 5.32 Å². The molecule has 5 heterocycles. The predicted octanol–water partition coefficient (Wildman–Crippen LogP) is 9.43. The molecule has 0 amide bonds. The van der Waals surface area contributed by atoms with Gasteiger partial charge >= 0.3 is 0 Å². The Balaban J connectivity index is 1.02. The zero-order valence-electron chi connectivity index (χ0n) is 42.8. The van der Waals surface area contributed by atoms with Crippen molar-refractivity contribution in [2.24, 2.45) is 11.8 Å². The molecule has 11 rings (SSSR count). The van der Waals surface area contributed by atoms with E-state index < -0.39 is 6.10 Å². The number of benzene rings is 5. The summed E-state index contributed by atoms with van der Waals surface area (Å²) in [7, 11) is 1.67. The van der Waals surface area contributed by atoms with Gasteiger partial charge in [0.05, 0.1) is 38.8 Å². The number of dihydropyridines is 1. The van der Waals surface area contributed by atoms with Gasteiger partial charge in [-0.15, -0.1) is 0 Å². The summed E-state index contributed by atoms with van der Waals surface area (Å²) in [4.78, 5) is 0. The fraction of sp³-hybridized carbons (Fsp3) is 0.397. The lowest BCUT2D eigenvalue weighted by Crippen LogP contribution is -2.47. The summed E-state index contributed by atoms with van der Waals surface area (Å²) in [6, 6.07) is 30.0. The van der Waals surface area contributed by atoms with Gasteiger partial charge in [0.2, 0.25) is 0 Å². The van der Waals surface area contributed by atoms with E-state index in [-0.39, 0.29) is 66.6 Å². The SMILES string of the molecule is COCNC1C=C2C#C[C@H](CCc3ccc(O)c(Cc4cccc(O)c4)c3)CCC[C@H]3C[C@H](O)CCc4cc(c(O)cc4CO)OCc4cc([C@@]56CCOC[C@H]5CCc5ccccc56)cc5cn(cc45)C(=C2CO3)N1. The van der Waals surface area contributed by atoms with Crippen molar-refractivity contribution in [2.75, 3.05) is 33.7 Å². The average molecular weight is 1010 g/mol. The van der Waals surface area contributed by atoms with Gasteiger partial charge in [0.25, 0.3) is 0 Å². The second-order valence-corrected chi connectivity index (χ2v) is 21.3. The molecule has 1 saturated heterocycles. The van der Waals surface area contributed by atoms with E-state index in [2.05, 4.69) is 88.0 Å². The van der Waals surface area contributed by atoms with Crippen LogP contribution in [0.25, 0.3) is 16.6 Å². The molecule has 12 heteroatoms. The molecule has 0 spiro atoms. The third kappa shape index (κ3) is 10.8. The summed E-state index contributed by atoms with van der Waals surface area (Å²) in [5, 5.41) is 64.0. The molecule has 1 fully saturated rings. The fourth-order valence-corrected chi connectivity index (χ4v) is 12.6. The Morgan fingerprint density at radius 3 is 2.63 bits per heavy atom. The zero-order valence-corrected chi connectivity index (χ0v) is 42.8. The van der Waals surface area contributed by atoms with Crippen LogP contribution in [0, 0.1) is 23.7 Å². The summed E-state index contributed by atoms with van der Waals surface area (Å²) in [5.41, 5.74) is 10.7. The summed E-state index contributed by atoms with van der Waals surface area (Å²) >= 11 is 0. The number of rotatable bonds is 10. The first-order valence-corrected chi connectivity index (χ1v) is 26.9. The van der Waals surface area contributed by atoms with Gasteiger partial charge in [0.15, 0.2) is 11.5 Å². The van der Waals surface area contributed by atoms with Gasteiger partial charge in [-0.1, -0.05) is 66.4 Å². The number of nitrogens with zero attached hydrogens (tertiary/aromatic N) is 1. The van der Waals surface area contributed by atoms with E-state index in [1.54, 1.807) is 31.4 Å². The van der Waals surface area contributed by atoms with E-state index in [9.17, 15) is 25.5 Å². The fourth-order valence-electron chi connectivity index (χ4n) is 12.6. The number of phenols is 3. The molecule has 1 aromatic heterocycles. The van der Waals surface area contributed by atoms with Gasteiger partial charge < -0.3 is 54.4 Å². The molecule has 390 valence electrons. The second-order valence-electron chi connectivity index (χ2n) is 21.3. The predicted molar refractivity (Wildman–Crippen MR) is 289 cm³/mol. The molecule has 6 atom stereocenters. The van der Waals surface area contributed by atoms with Gasteiger partial charge in [-0.2, -0.15) is 0 Å². The summed E-state index contributed by atoms with van der Waals surface area (Å²) in [5.74, 6) is 9.30. The monoisotopic (exact) mass is 1010 g/mol. The summed E-state index contributed by atoms with van der Waals surface area (Å²) < 4.78 is 27.6. The van der Waals surface area contributed by atoms with Crippen LogP contribution >= 0.6 is 0 Å². The summed E-state index contributed by atoms with van der Waals surface area (Å²) in [6.45, 7) is 1.82. The molecule has 1 aliphatic carbocycles. The molecule has 6 bridgehead atoms. The molecule has 0 radical (unpaired) electrons. The van der Waals surface area contributed by atoms with Crippen molar-refractivity contribution < 1.29 is 44.5 Å². The van der Waals surface area contributed by atoms with E-state index in [1.807, 2.05) is 24.3 Å². The van der Waals surface area contributed by atoms with Crippen LogP contribution in [0.4, 0.5) is 0 Å². The molecular weight excluding hydrogens is 943 g/mol. The number of nitrogens with one attached hydrogen (secondary N) is 2. The Kier molecular flexibility index (Phi) is 15.1. The van der Waals surface area contributed by atoms with Crippen molar-refractivity contribution >= 4 is 16.6 Å². The Labute approximate surface area is 439 Å². The number of aliphatic hydroxyl groups is 2. The number of aromatic nitrogens is 1. The first kappa shape index (κ1) is 50.6. The molecule has 0 saturated carbocycles. The summed E-state index contributed by atoms with van der Waals surface area (Å²) in [6.07, 6.45) is 13.9. The molecule has 1 unspecified atom stereocenters. The van der Waals surface area contributed by atoms with Crippen LogP contribution in [0.3, 0.4) is 0 Å². The lowest BCUT2D eigenvalue weighted by Gasteiger charge is -2.49. The highest BCUT2D eigenvalue weighted by Gasteiger charge is 2.47. The van der Waals surface area contributed by atoms with Crippen molar-refractivity contribution in [1.29, 1.82) is 0 Å². The largest absolute Gasteiger partial charge is 0.508 e. The van der Waals surface area contributed by atoms with E-state index in [1.165, 1.54) is 16.7 Å². The number of aliphatic hydroxyl groups excluding tert-OH is 2. The number of ether oxygens (including phenoxy) is 4. The lowest BCUT2D eigenvalue weighted by atomic mass is 9.57. The number of methoxy groups -OCH3 is 1. The minimum atomic E-state index is -0.698. The highest BCUT2D eigenvalue weighted by Crippen LogP contribution is 2.52. The third-order valence-corrected chi connectivity index (χ3v) is 16.5. The zero-order chi connectivity index (χ0) is 51.5. The maximum absolute atomic E-state index is 11.8. The third-order valence-electron chi connectivity index (χ3n) is 16.5. The Hall–Kier alpha value is -6.56. The van der Waals surface area contributed by atoms with Crippen LogP contribution < -0.4 is 15.4 Å². The maximum Gasteiger partial charge on any atom is 0.161 e. The quantitative estimate of drug-likeness (QED) is 0.0516. The van der Waals surface area contributed by atoms with Gasteiger partial charge in [0.1, 0.15) is 30.1 Å². The standard InChI is InChI=1S/C63H69N3O9/c1-72-39-64-61-31-45-16-14-40(12-13-41-15-21-58(70)46(24-41)25-42-7-4-9-52(68)26-42)6-5-10-54-32-53(69)20-18-44-30-60(59(71)29-48(44)35-67)75-36-49-28-51(27-47-33-66(34-55(47)49)62(65-61)56(45)38-74-54)63-22-23-73-37-50(63)19-17-43-8-2-3-11-57(43)63/h2-4,7-9,11,15,21,24,26-31,33-34,40,50,53-54,61,64-65,67-71H,5-6,10,12-13,17-20,22-23,25,32,35-39H2,1H3/t40-,50+,53+,54-,61?,63+/m0/s1. The number of aryl methyl sites for hydroxylation is 3. The minimum Gasteiger partial charge on any atom is -0.508 e. The molecule has 6 aromatic rings. The van der Waals surface area contributed by atoms with Crippen molar-refractivity contribution in [1.82, 2.24) is 15.2 Å². The Morgan fingerprint density at radius 2 is 1.75 bits per heavy atom. The van der Waals surface area contributed by atoms with Crippen LogP contribution in [0.1, 0.15) is 101 Å². The first-order valence-electron chi connectivity index (χ1n) is 26.9. The van der Waals surface area contributed by atoms with E-state index in [4.69, 9.17) is 18.9 Å². The second kappa shape index (κ2) is 22.3. The van der Waals surface area contributed by atoms with E-state index in [0.717, 1.165) is 107 Å². The molecule has 4 aliphatic heterocycles. The number of hydrogen-bond donors (Lipinski definition) is 7. The maximum atomic E-state index is 11.8. The first-order chi connectivity index (χ1) is 36.6. The van der Waals surface area contributed by atoms with Crippen LogP contribution in [-0.2, 0) is 58.5 Å². The Bertz CT molecular complexity index is 3180. The molecule has 12 nitrogen and oxygen atoms in total. The van der Waals surface area contributed by atoms with Crippen LogP contribution in [0.2, 0.25) is 0 Å². The minimum absolute atomic E-state index is 0.0403. The van der Waals surface area contributed by atoms with Crippen molar-refractivity contribution in [3.05, 3.63) is 171 Å². The number of hydrogen-bond acceptors (Lipinski definition) is 11. The number of fused-ring (bicyclic) bond motifs is 9. The Morgan fingerprint density at radius 1 is 0.853 bits per heavy atom. The van der Waals surface area contributed by atoms with Crippen molar-refractivity contribution in [3.63, 3.8) is 0 Å². The molecule has 5 aliphatic rings. The topological polar surface area (TPSA) is 167 Å². The highest BCUT2D eigenvalue weighted by molar-refractivity contribution is 5.88. The van der Waals surface area contributed by atoms with Crippen LogP contribution in [0.15, 0.2) is 121 Å². The average Bonchev–Trinajstić information content (AvgIpc) is 3.86. The van der Waals surface area contributed by atoms with Crippen molar-refractivity contribution in [2.45, 2.75) is 114 Å². The van der Waals surface area contributed by atoms with Crippen LogP contribution in [0.5, 0.6) is 23.0 Å². The molecule has 75 heavy (non-hydrogen) atoms. The van der Waals surface area contributed by atoms with Gasteiger partial charge in [-0.05, 0) is 169 Å².